The third-order valence-corrected chi connectivity index (χ3v) is 6.51. The molecule has 1 heterocycles. The fourth-order valence-electron chi connectivity index (χ4n) is 3.80. The van der Waals surface area contributed by atoms with Gasteiger partial charge in [-0.25, -0.2) is 8.78 Å². The Bertz CT molecular complexity index is 1300. The van der Waals surface area contributed by atoms with Crippen molar-refractivity contribution < 1.29 is 13.5 Å². The SMILES string of the molecule is C=C/C(Cl)=C\C(Nc1ccc(F)c(C2=CN(C=C)/C(=C(\C)C(=C)CC(=NC)C(C)C)C=C2)c1F)=C(/C)OC. The molecule has 0 aromatic heterocycles. The van der Waals surface area contributed by atoms with Gasteiger partial charge >= 0.3 is 0 Å². The summed E-state index contributed by atoms with van der Waals surface area (Å²) in [4.78, 5) is 6.12. The van der Waals surface area contributed by atoms with E-state index in [1.54, 1.807) is 43.4 Å². The Morgan fingerprint density at radius 3 is 2.45 bits per heavy atom. The van der Waals surface area contributed by atoms with Gasteiger partial charge in [-0.3, -0.25) is 4.99 Å². The van der Waals surface area contributed by atoms with Crippen molar-refractivity contribution in [1.29, 1.82) is 0 Å². The van der Waals surface area contributed by atoms with Gasteiger partial charge in [-0.1, -0.05) is 57.3 Å². The Balaban J connectivity index is 2.51. The van der Waals surface area contributed by atoms with Crippen LogP contribution in [0.25, 0.3) is 5.57 Å². The van der Waals surface area contributed by atoms with Crippen molar-refractivity contribution in [2.45, 2.75) is 34.1 Å². The quantitative estimate of drug-likeness (QED) is 0.173. The van der Waals surface area contributed by atoms with Crippen LogP contribution in [0.3, 0.4) is 0 Å². The van der Waals surface area contributed by atoms with Crippen LogP contribution < -0.4 is 5.32 Å². The molecule has 0 aliphatic carbocycles. The summed E-state index contributed by atoms with van der Waals surface area (Å²) in [5.74, 6) is -0.694. The summed E-state index contributed by atoms with van der Waals surface area (Å²) < 4.78 is 36.0. The lowest BCUT2D eigenvalue weighted by atomic mass is 9.94. The number of anilines is 1. The summed E-state index contributed by atoms with van der Waals surface area (Å²) in [5.41, 5.74) is 4.34. The van der Waals surface area contributed by atoms with Crippen LogP contribution in [-0.4, -0.2) is 24.8 Å². The first-order valence-corrected chi connectivity index (χ1v) is 12.5. The molecular weight excluding hydrogens is 504 g/mol. The zero-order chi connectivity index (χ0) is 28.6. The van der Waals surface area contributed by atoms with Gasteiger partial charge in [0.1, 0.15) is 11.6 Å². The number of nitrogens with zero attached hydrogens (tertiary/aromatic N) is 2. The molecule has 0 radical (unpaired) electrons. The molecule has 0 saturated carbocycles. The Hall–Kier alpha value is -3.64. The molecule has 1 aliphatic heterocycles. The van der Waals surface area contributed by atoms with Gasteiger partial charge in [0.2, 0.25) is 0 Å². The van der Waals surface area contributed by atoms with E-state index in [1.807, 2.05) is 13.0 Å². The highest BCUT2D eigenvalue weighted by atomic mass is 35.5. The predicted molar refractivity (Wildman–Crippen MR) is 158 cm³/mol. The van der Waals surface area contributed by atoms with E-state index in [1.165, 1.54) is 25.3 Å². The smallest absolute Gasteiger partial charge is 0.157 e. The number of rotatable bonds is 11. The number of aliphatic imine (C=N–C) groups is 1. The number of hydrogen-bond acceptors (Lipinski definition) is 4. The molecule has 1 aliphatic rings. The lowest BCUT2D eigenvalue weighted by molar-refractivity contribution is 0.290. The Kier molecular flexibility index (Phi) is 11.1. The maximum absolute atomic E-state index is 15.7. The number of benzene rings is 1. The van der Waals surface area contributed by atoms with Crippen molar-refractivity contribution in [1.82, 2.24) is 4.90 Å². The van der Waals surface area contributed by atoms with E-state index >= 15 is 8.78 Å². The van der Waals surface area contributed by atoms with Crippen LogP contribution in [0.1, 0.15) is 39.7 Å². The van der Waals surface area contributed by atoms with E-state index in [0.717, 1.165) is 22.6 Å². The number of halogens is 3. The molecule has 1 aromatic carbocycles. The minimum Gasteiger partial charge on any atom is -0.499 e. The topological polar surface area (TPSA) is 36.9 Å². The largest absolute Gasteiger partial charge is 0.499 e. The number of nitrogens with one attached hydrogen (secondary N) is 1. The van der Waals surface area contributed by atoms with Gasteiger partial charge in [0.05, 0.1) is 24.1 Å². The molecule has 0 spiro atoms. The van der Waals surface area contributed by atoms with Crippen molar-refractivity contribution >= 4 is 28.6 Å². The second-order valence-electron chi connectivity index (χ2n) is 8.98. The van der Waals surface area contributed by atoms with Crippen LogP contribution in [0.5, 0.6) is 0 Å². The highest BCUT2D eigenvalue weighted by Crippen LogP contribution is 2.34. The highest BCUT2D eigenvalue weighted by Gasteiger charge is 2.22. The second-order valence-corrected chi connectivity index (χ2v) is 9.42. The summed E-state index contributed by atoms with van der Waals surface area (Å²) >= 11 is 6.10. The van der Waals surface area contributed by atoms with Crippen molar-refractivity contribution in [2.24, 2.45) is 10.9 Å². The lowest BCUT2D eigenvalue weighted by Crippen LogP contribution is -2.16. The summed E-state index contributed by atoms with van der Waals surface area (Å²) in [7, 11) is 3.27. The molecule has 0 amide bonds. The van der Waals surface area contributed by atoms with Gasteiger partial charge < -0.3 is 15.0 Å². The summed E-state index contributed by atoms with van der Waals surface area (Å²) in [6.45, 7) is 19.6. The molecule has 0 saturated heterocycles. The number of hydrogen-bond donors (Lipinski definition) is 1. The number of methoxy groups -OCH3 is 1. The number of allylic oxidation sites excluding steroid dienone is 9. The van der Waals surface area contributed by atoms with Crippen LogP contribution in [0, 0.1) is 17.6 Å². The molecule has 0 atom stereocenters. The zero-order valence-corrected chi connectivity index (χ0v) is 23.7. The molecule has 0 unspecified atom stereocenters. The lowest BCUT2D eigenvalue weighted by Gasteiger charge is -2.26. The van der Waals surface area contributed by atoms with E-state index in [4.69, 9.17) is 16.3 Å². The minimum absolute atomic E-state index is 0.0583. The van der Waals surface area contributed by atoms with E-state index in [0.29, 0.717) is 34.4 Å². The molecule has 2 rings (SSSR count). The molecule has 38 heavy (non-hydrogen) atoms. The van der Waals surface area contributed by atoms with Crippen LogP contribution in [0.4, 0.5) is 14.5 Å². The second kappa shape index (κ2) is 13.8. The van der Waals surface area contributed by atoms with Gasteiger partial charge in [0.25, 0.3) is 0 Å². The van der Waals surface area contributed by atoms with Crippen LogP contribution >= 0.6 is 11.6 Å². The maximum atomic E-state index is 15.7. The van der Waals surface area contributed by atoms with Crippen LogP contribution in [-0.2, 0) is 4.74 Å². The monoisotopic (exact) mass is 539 g/mol. The van der Waals surface area contributed by atoms with Crippen molar-refractivity contribution in [2.75, 3.05) is 19.5 Å². The Morgan fingerprint density at radius 2 is 1.89 bits per heavy atom. The summed E-state index contributed by atoms with van der Waals surface area (Å²) in [5, 5.41) is 3.28. The molecule has 0 fully saturated rings. The Labute approximate surface area is 230 Å². The van der Waals surface area contributed by atoms with Gasteiger partial charge in [0.15, 0.2) is 5.82 Å². The van der Waals surface area contributed by atoms with Gasteiger partial charge in [0, 0.05) is 47.9 Å². The summed E-state index contributed by atoms with van der Waals surface area (Å²) in [6, 6.07) is 2.54. The highest BCUT2D eigenvalue weighted by molar-refractivity contribution is 6.31. The first kappa shape index (κ1) is 30.6. The Morgan fingerprint density at radius 1 is 1.21 bits per heavy atom. The first-order chi connectivity index (χ1) is 18.0. The molecule has 1 aromatic rings. The third-order valence-electron chi connectivity index (χ3n) is 6.25. The molecular formula is C31H36ClF2N3O. The molecule has 1 N–H and O–H groups in total. The predicted octanol–water partition coefficient (Wildman–Crippen LogP) is 8.87. The van der Waals surface area contributed by atoms with Crippen LogP contribution in [0.15, 0.2) is 107 Å². The zero-order valence-electron chi connectivity index (χ0n) is 23.0. The first-order valence-electron chi connectivity index (χ1n) is 12.1. The normalized spacial score (nSPS) is 16.2. The van der Waals surface area contributed by atoms with Crippen molar-refractivity contribution in [3.05, 3.63) is 119 Å². The van der Waals surface area contributed by atoms with Gasteiger partial charge in [-0.2, -0.15) is 0 Å². The van der Waals surface area contributed by atoms with E-state index in [2.05, 4.69) is 43.9 Å². The average Bonchev–Trinajstić information content (AvgIpc) is 2.91. The fourth-order valence-corrected chi connectivity index (χ4v) is 3.91. The van der Waals surface area contributed by atoms with Gasteiger partial charge in [-0.05, 0) is 55.2 Å². The van der Waals surface area contributed by atoms with Crippen molar-refractivity contribution in [3.63, 3.8) is 0 Å². The molecule has 202 valence electrons. The average molecular weight is 540 g/mol. The number of ether oxygens (including phenoxy) is 1. The minimum atomic E-state index is -0.760. The summed E-state index contributed by atoms with van der Waals surface area (Å²) in [6.07, 6.45) is 10.4. The van der Waals surface area contributed by atoms with Crippen molar-refractivity contribution in [3.8, 4) is 0 Å². The third kappa shape index (κ3) is 7.23. The van der Waals surface area contributed by atoms with Crippen LogP contribution in [0.2, 0.25) is 0 Å². The molecule has 7 heteroatoms. The van der Waals surface area contributed by atoms with Gasteiger partial charge in [-0.15, -0.1) is 0 Å². The standard InChI is InChI=1S/C31H36ClF2N3O/c1-10-24(32)17-28(22(7)38-9)36-26-14-13-25(33)30(31(26)34)23-12-15-29(37(11-2)18-23)21(6)20(5)16-27(35-8)19(3)4/h10-15,17-19,36H,1-2,5,16H2,3-4,6-9H3/b24-17+,28-22-,29-21+,35-27?. The van der Waals surface area contributed by atoms with E-state index in [9.17, 15) is 0 Å². The maximum Gasteiger partial charge on any atom is 0.157 e. The molecule has 4 nitrogen and oxygen atoms in total. The molecule has 0 bridgehead atoms. The van der Waals surface area contributed by atoms with E-state index < -0.39 is 11.6 Å². The van der Waals surface area contributed by atoms with E-state index in [-0.39, 0.29) is 11.3 Å². The fraction of sp³-hybridized carbons (Fsp3) is 0.258.